The Morgan fingerprint density at radius 3 is 2.43 bits per heavy atom. The molecule has 1 aliphatic carbocycles. The molecule has 23 heavy (non-hydrogen) atoms. The van der Waals surface area contributed by atoms with Gasteiger partial charge in [-0.1, -0.05) is 0 Å². The molecule has 1 N–H and O–H groups in total. The standard InChI is InChI=1S/C18H34N2O3/c1-17(2,3)23-16(21)20-10-5-15(6-11-20)13-19-14-18(7-8-18)9-12-22-4/h15,19H,5-14H2,1-4H3. The molecule has 0 aromatic carbocycles. The SMILES string of the molecule is COCCC1(CNCC2CCN(C(=O)OC(C)(C)C)CC2)CC1. The van der Waals surface area contributed by atoms with Gasteiger partial charge < -0.3 is 19.7 Å². The molecule has 1 saturated carbocycles. The van der Waals surface area contributed by atoms with Gasteiger partial charge in [0.05, 0.1) is 0 Å². The van der Waals surface area contributed by atoms with Crippen molar-refractivity contribution in [1.29, 1.82) is 0 Å². The first-order valence-corrected chi connectivity index (χ1v) is 9.01. The second-order valence-electron chi connectivity index (χ2n) is 8.28. The Kier molecular flexibility index (Phi) is 6.32. The first-order chi connectivity index (χ1) is 10.8. The number of ether oxygens (including phenoxy) is 2. The highest BCUT2D eigenvalue weighted by Gasteiger charge is 2.41. The third-order valence-electron chi connectivity index (χ3n) is 4.99. The van der Waals surface area contributed by atoms with Crippen molar-refractivity contribution in [2.75, 3.05) is 39.9 Å². The molecule has 0 aromatic rings. The van der Waals surface area contributed by atoms with Crippen LogP contribution in [0.1, 0.15) is 52.9 Å². The highest BCUT2D eigenvalue weighted by molar-refractivity contribution is 5.68. The van der Waals surface area contributed by atoms with Gasteiger partial charge in [-0.2, -0.15) is 0 Å². The summed E-state index contributed by atoms with van der Waals surface area (Å²) in [6.45, 7) is 10.4. The molecule has 5 heteroatoms. The van der Waals surface area contributed by atoms with Gasteiger partial charge in [-0.25, -0.2) is 4.79 Å². The fourth-order valence-corrected chi connectivity index (χ4v) is 3.20. The number of nitrogens with zero attached hydrogens (tertiary/aromatic N) is 1. The molecule has 1 amide bonds. The van der Waals surface area contributed by atoms with Crippen LogP contribution in [0.4, 0.5) is 4.79 Å². The zero-order valence-corrected chi connectivity index (χ0v) is 15.3. The van der Waals surface area contributed by atoms with E-state index in [4.69, 9.17) is 9.47 Å². The summed E-state index contributed by atoms with van der Waals surface area (Å²) < 4.78 is 10.6. The van der Waals surface area contributed by atoms with E-state index in [1.54, 1.807) is 7.11 Å². The van der Waals surface area contributed by atoms with Crippen LogP contribution >= 0.6 is 0 Å². The lowest BCUT2D eigenvalue weighted by Crippen LogP contribution is -2.43. The van der Waals surface area contributed by atoms with Crippen LogP contribution in [0.5, 0.6) is 0 Å². The lowest BCUT2D eigenvalue weighted by atomic mass is 9.96. The molecule has 0 radical (unpaired) electrons. The quantitative estimate of drug-likeness (QED) is 0.781. The Morgan fingerprint density at radius 1 is 1.26 bits per heavy atom. The van der Waals surface area contributed by atoms with Crippen molar-refractivity contribution in [1.82, 2.24) is 10.2 Å². The number of hydrogen-bond donors (Lipinski definition) is 1. The van der Waals surface area contributed by atoms with Crippen LogP contribution in [0.2, 0.25) is 0 Å². The Hall–Kier alpha value is -0.810. The summed E-state index contributed by atoms with van der Waals surface area (Å²) in [6.07, 6.45) is 5.81. The van der Waals surface area contributed by atoms with Crippen LogP contribution in [-0.4, -0.2) is 56.5 Å². The van der Waals surface area contributed by atoms with Gasteiger partial charge in [0.2, 0.25) is 0 Å². The average Bonchev–Trinajstić information content (AvgIpc) is 3.24. The smallest absolute Gasteiger partial charge is 0.410 e. The molecule has 0 unspecified atom stereocenters. The maximum Gasteiger partial charge on any atom is 0.410 e. The lowest BCUT2D eigenvalue weighted by Gasteiger charge is -2.33. The summed E-state index contributed by atoms with van der Waals surface area (Å²) in [7, 11) is 1.78. The predicted octanol–water partition coefficient (Wildman–Crippen LogP) is 3.04. The van der Waals surface area contributed by atoms with Crippen LogP contribution in [0.3, 0.4) is 0 Å². The van der Waals surface area contributed by atoms with Crippen LogP contribution in [-0.2, 0) is 9.47 Å². The van der Waals surface area contributed by atoms with E-state index in [9.17, 15) is 4.79 Å². The zero-order valence-electron chi connectivity index (χ0n) is 15.3. The second-order valence-corrected chi connectivity index (χ2v) is 8.28. The minimum Gasteiger partial charge on any atom is -0.444 e. The van der Waals surface area contributed by atoms with Crippen LogP contribution < -0.4 is 5.32 Å². The number of nitrogens with one attached hydrogen (secondary N) is 1. The van der Waals surface area contributed by atoms with E-state index in [1.165, 1.54) is 19.3 Å². The lowest BCUT2D eigenvalue weighted by molar-refractivity contribution is 0.0184. The highest BCUT2D eigenvalue weighted by Crippen LogP contribution is 2.48. The largest absolute Gasteiger partial charge is 0.444 e. The van der Waals surface area contributed by atoms with Crippen molar-refractivity contribution >= 4 is 6.09 Å². The molecule has 1 heterocycles. The molecule has 0 aromatic heterocycles. The first-order valence-electron chi connectivity index (χ1n) is 9.01. The number of likely N-dealkylation sites (tertiary alicyclic amines) is 1. The van der Waals surface area contributed by atoms with Gasteiger partial charge in [0.1, 0.15) is 5.60 Å². The summed E-state index contributed by atoms with van der Waals surface area (Å²) in [5, 5.41) is 3.66. The number of hydrogen-bond acceptors (Lipinski definition) is 4. The Bertz CT molecular complexity index is 380. The van der Waals surface area contributed by atoms with E-state index in [0.717, 1.165) is 45.6 Å². The number of rotatable bonds is 7. The third-order valence-corrected chi connectivity index (χ3v) is 4.99. The molecule has 1 aliphatic heterocycles. The predicted molar refractivity (Wildman–Crippen MR) is 91.6 cm³/mol. The van der Waals surface area contributed by atoms with Gasteiger partial charge in [0, 0.05) is 33.4 Å². The van der Waals surface area contributed by atoms with E-state index < -0.39 is 5.60 Å². The summed E-state index contributed by atoms with van der Waals surface area (Å²) in [6, 6.07) is 0. The van der Waals surface area contributed by atoms with Crippen molar-refractivity contribution in [2.45, 2.75) is 58.5 Å². The molecule has 134 valence electrons. The normalized spacial score (nSPS) is 21.3. The van der Waals surface area contributed by atoms with Crippen molar-refractivity contribution in [3.05, 3.63) is 0 Å². The van der Waals surface area contributed by atoms with Crippen molar-refractivity contribution in [3.63, 3.8) is 0 Å². The van der Waals surface area contributed by atoms with E-state index >= 15 is 0 Å². The molecule has 5 nitrogen and oxygen atoms in total. The highest BCUT2D eigenvalue weighted by atomic mass is 16.6. The van der Waals surface area contributed by atoms with Gasteiger partial charge in [-0.3, -0.25) is 0 Å². The van der Waals surface area contributed by atoms with Gasteiger partial charge in [0.15, 0.2) is 0 Å². The summed E-state index contributed by atoms with van der Waals surface area (Å²) in [5.41, 5.74) is 0.101. The van der Waals surface area contributed by atoms with Gasteiger partial charge >= 0.3 is 6.09 Å². The first kappa shape index (κ1) is 18.5. The molecular weight excluding hydrogens is 292 g/mol. The van der Waals surface area contributed by atoms with Gasteiger partial charge in [-0.15, -0.1) is 0 Å². The van der Waals surface area contributed by atoms with Crippen molar-refractivity contribution < 1.29 is 14.3 Å². The number of piperidine rings is 1. The molecule has 2 fully saturated rings. The van der Waals surface area contributed by atoms with E-state index in [0.29, 0.717) is 11.3 Å². The molecule has 0 atom stereocenters. The fraction of sp³-hybridized carbons (Fsp3) is 0.944. The van der Waals surface area contributed by atoms with Crippen LogP contribution in [0, 0.1) is 11.3 Å². The monoisotopic (exact) mass is 326 g/mol. The molecular formula is C18H34N2O3. The Morgan fingerprint density at radius 2 is 1.91 bits per heavy atom. The third kappa shape index (κ3) is 6.30. The summed E-state index contributed by atoms with van der Waals surface area (Å²) in [5.74, 6) is 0.673. The van der Waals surface area contributed by atoms with Crippen LogP contribution in [0.15, 0.2) is 0 Å². The molecule has 0 spiro atoms. The zero-order chi connectivity index (χ0) is 16.9. The van der Waals surface area contributed by atoms with Crippen LogP contribution in [0.25, 0.3) is 0 Å². The second kappa shape index (κ2) is 7.84. The van der Waals surface area contributed by atoms with E-state index in [1.807, 2.05) is 25.7 Å². The minimum absolute atomic E-state index is 0.166. The molecule has 2 aliphatic rings. The maximum absolute atomic E-state index is 12.1. The number of amides is 1. The van der Waals surface area contributed by atoms with E-state index in [-0.39, 0.29) is 6.09 Å². The summed E-state index contributed by atoms with van der Waals surface area (Å²) in [4.78, 5) is 13.9. The number of carbonyl (C=O) groups is 1. The number of carbonyl (C=O) groups excluding carboxylic acids is 1. The molecule has 1 saturated heterocycles. The van der Waals surface area contributed by atoms with E-state index in [2.05, 4.69) is 5.32 Å². The Labute approximate surface area is 141 Å². The van der Waals surface area contributed by atoms with Crippen molar-refractivity contribution in [2.24, 2.45) is 11.3 Å². The average molecular weight is 326 g/mol. The van der Waals surface area contributed by atoms with Gasteiger partial charge in [-0.05, 0) is 70.8 Å². The maximum atomic E-state index is 12.1. The molecule has 0 bridgehead atoms. The topological polar surface area (TPSA) is 50.8 Å². The van der Waals surface area contributed by atoms with Crippen molar-refractivity contribution in [3.8, 4) is 0 Å². The molecule has 2 rings (SSSR count). The fourth-order valence-electron chi connectivity index (χ4n) is 3.20. The number of methoxy groups -OCH3 is 1. The summed E-state index contributed by atoms with van der Waals surface area (Å²) >= 11 is 0. The Balaban J connectivity index is 1.61. The minimum atomic E-state index is -0.406. The van der Waals surface area contributed by atoms with Gasteiger partial charge in [0.25, 0.3) is 0 Å².